The van der Waals surface area contributed by atoms with Crippen LogP contribution in [0, 0.1) is 0 Å². The highest BCUT2D eigenvalue weighted by Crippen LogP contribution is 2.21. The van der Waals surface area contributed by atoms with Gasteiger partial charge in [0.2, 0.25) is 0 Å². The minimum absolute atomic E-state index is 0.411. The van der Waals surface area contributed by atoms with Gasteiger partial charge in [-0.3, -0.25) is 0 Å². The van der Waals surface area contributed by atoms with Crippen LogP contribution in [-0.2, 0) is 4.74 Å². The summed E-state index contributed by atoms with van der Waals surface area (Å²) in [6.45, 7) is 6.24. The van der Waals surface area contributed by atoms with E-state index >= 15 is 0 Å². The normalized spacial score (nSPS) is 12.4. The maximum atomic E-state index is 9.99. The quantitative estimate of drug-likeness (QED) is 0.685. The summed E-state index contributed by atoms with van der Waals surface area (Å²) in [7, 11) is 0. The van der Waals surface area contributed by atoms with Gasteiger partial charge < -0.3 is 14.6 Å². The van der Waals surface area contributed by atoms with Gasteiger partial charge in [0.1, 0.15) is 5.75 Å². The van der Waals surface area contributed by atoms with Crippen molar-refractivity contribution in [1.82, 2.24) is 0 Å². The number of rotatable bonds is 9. The van der Waals surface area contributed by atoms with Crippen molar-refractivity contribution in [2.45, 2.75) is 39.2 Å². The number of aliphatic hydroxyl groups excluding tert-OH is 1. The van der Waals surface area contributed by atoms with Gasteiger partial charge in [-0.2, -0.15) is 0 Å². The Morgan fingerprint density at radius 3 is 2.44 bits per heavy atom. The Hall–Kier alpha value is -1.06. The molecule has 1 aromatic carbocycles. The summed E-state index contributed by atoms with van der Waals surface area (Å²) < 4.78 is 10.8. The van der Waals surface area contributed by atoms with Crippen LogP contribution in [0.15, 0.2) is 24.3 Å². The Balaban J connectivity index is 2.36. The lowest BCUT2D eigenvalue weighted by atomic mass is 10.1. The maximum absolute atomic E-state index is 9.99. The van der Waals surface area contributed by atoms with E-state index in [9.17, 15) is 5.11 Å². The van der Waals surface area contributed by atoms with Gasteiger partial charge in [0.15, 0.2) is 0 Å². The second-order valence-electron chi connectivity index (χ2n) is 4.27. The van der Waals surface area contributed by atoms with Crippen molar-refractivity contribution in [3.05, 3.63) is 29.8 Å². The predicted octanol–water partition coefficient (Wildman–Crippen LogP) is 3.33. The zero-order valence-electron chi connectivity index (χ0n) is 11.4. The topological polar surface area (TPSA) is 38.7 Å². The molecule has 3 heteroatoms. The SMILES string of the molecule is CCCOc1ccc(C(O)CCCOCC)cc1. The van der Waals surface area contributed by atoms with Crippen LogP contribution in [-0.4, -0.2) is 24.9 Å². The Labute approximate surface area is 110 Å². The van der Waals surface area contributed by atoms with Gasteiger partial charge in [-0.1, -0.05) is 19.1 Å². The maximum Gasteiger partial charge on any atom is 0.119 e. The lowest BCUT2D eigenvalue weighted by Gasteiger charge is -2.12. The van der Waals surface area contributed by atoms with Crippen molar-refractivity contribution in [2.75, 3.05) is 19.8 Å². The largest absolute Gasteiger partial charge is 0.494 e. The van der Waals surface area contributed by atoms with E-state index in [0.29, 0.717) is 6.61 Å². The Morgan fingerprint density at radius 2 is 1.83 bits per heavy atom. The van der Waals surface area contributed by atoms with Gasteiger partial charge in [-0.05, 0) is 43.9 Å². The molecule has 1 unspecified atom stereocenters. The van der Waals surface area contributed by atoms with Gasteiger partial charge in [0.25, 0.3) is 0 Å². The molecule has 0 radical (unpaired) electrons. The third-order valence-electron chi connectivity index (χ3n) is 2.71. The van der Waals surface area contributed by atoms with Crippen molar-refractivity contribution in [2.24, 2.45) is 0 Å². The molecule has 1 atom stereocenters. The molecular weight excluding hydrogens is 228 g/mol. The van der Waals surface area contributed by atoms with Crippen LogP contribution in [0.2, 0.25) is 0 Å². The molecular formula is C15H24O3. The molecule has 102 valence electrons. The highest BCUT2D eigenvalue weighted by molar-refractivity contribution is 5.28. The second-order valence-corrected chi connectivity index (χ2v) is 4.27. The van der Waals surface area contributed by atoms with Gasteiger partial charge in [0, 0.05) is 13.2 Å². The summed E-state index contributed by atoms with van der Waals surface area (Å²) in [6, 6.07) is 7.68. The fourth-order valence-electron chi connectivity index (χ4n) is 1.70. The van der Waals surface area contributed by atoms with Crippen LogP contribution < -0.4 is 4.74 Å². The van der Waals surface area contributed by atoms with E-state index in [4.69, 9.17) is 9.47 Å². The number of aliphatic hydroxyl groups is 1. The Bertz CT molecular complexity index is 308. The summed E-state index contributed by atoms with van der Waals surface area (Å²) >= 11 is 0. The molecule has 0 amide bonds. The minimum atomic E-state index is -0.411. The molecule has 1 aromatic rings. The van der Waals surface area contributed by atoms with E-state index in [-0.39, 0.29) is 0 Å². The molecule has 0 heterocycles. The van der Waals surface area contributed by atoms with E-state index in [1.165, 1.54) is 0 Å². The molecule has 0 aromatic heterocycles. The number of benzene rings is 1. The van der Waals surface area contributed by atoms with E-state index in [1.807, 2.05) is 31.2 Å². The molecule has 0 spiro atoms. The van der Waals surface area contributed by atoms with Crippen LogP contribution >= 0.6 is 0 Å². The fraction of sp³-hybridized carbons (Fsp3) is 0.600. The lowest BCUT2D eigenvalue weighted by Crippen LogP contribution is -2.01. The van der Waals surface area contributed by atoms with Crippen LogP contribution in [0.1, 0.15) is 44.8 Å². The first-order valence-electron chi connectivity index (χ1n) is 6.76. The zero-order valence-corrected chi connectivity index (χ0v) is 11.4. The zero-order chi connectivity index (χ0) is 13.2. The molecule has 0 aliphatic carbocycles. The molecule has 3 nitrogen and oxygen atoms in total. The van der Waals surface area contributed by atoms with Crippen LogP contribution in [0.25, 0.3) is 0 Å². The summed E-state index contributed by atoms with van der Waals surface area (Å²) in [5, 5.41) is 9.99. The Kier molecular flexibility index (Phi) is 7.46. The summed E-state index contributed by atoms with van der Waals surface area (Å²) in [6.07, 6.45) is 2.20. The molecule has 1 N–H and O–H groups in total. The van der Waals surface area contributed by atoms with Gasteiger partial charge in [0.05, 0.1) is 12.7 Å². The number of hydrogen-bond donors (Lipinski definition) is 1. The third kappa shape index (κ3) is 5.52. The van der Waals surface area contributed by atoms with Gasteiger partial charge in [-0.15, -0.1) is 0 Å². The highest BCUT2D eigenvalue weighted by Gasteiger charge is 2.07. The second kappa shape index (κ2) is 8.95. The fourth-order valence-corrected chi connectivity index (χ4v) is 1.70. The molecule has 1 rings (SSSR count). The van der Waals surface area contributed by atoms with Gasteiger partial charge >= 0.3 is 0 Å². The summed E-state index contributed by atoms with van der Waals surface area (Å²) in [4.78, 5) is 0. The van der Waals surface area contributed by atoms with Crippen molar-refractivity contribution >= 4 is 0 Å². The molecule has 0 aliphatic heterocycles. The first kappa shape index (κ1) is 15.0. The van der Waals surface area contributed by atoms with Crippen LogP contribution in [0.3, 0.4) is 0 Å². The van der Waals surface area contributed by atoms with E-state index in [2.05, 4.69) is 6.92 Å². The van der Waals surface area contributed by atoms with Crippen LogP contribution in [0.5, 0.6) is 5.75 Å². The van der Waals surface area contributed by atoms with Crippen molar-refractivity contribution < 1.29 is 14.6 Å². The van der Waals surface area contributed by atoms with E-state index in [1.54, 1.807) is 0 Å². The van der Waals surface area contributed by atoms with Crippen molar-refractivity contribution in [1.29, 1.82) is 0 Å². The molecule has 0 saturated carbocycles. The summed E-state index contributed by atoms with van der Waals surface area (Å²) in [5.74, 6) is 0.863. The van der Waals surface area contributed by atoms with Gasteiger partial charge in [-0.25, -0.2) is 0 Å². The lowest BCUT2D eigenvalue weighted by molar-refractivity contribution is 0.114. The standard InChI is InChI=1S/C15H24O3/c1-3-11-18-14-9-7-13(8-10-14)15(16)6-5-12-17-4-2/h7-10,15-16H,3-6,11-12H2,1-2H3. The average Bonchev–Trinajstić information content (AvgIpc) is 2.41. The first-order chi connectivity index (χ1) is 8.77. The molecule has 0 bridgehead atoms. The van der Waals surface area contributed by atoms with Crippen molar-refractivity contribution in [3.8, 4) is 5.75 Å². The van der Waals surface area contributed by atoms with E-state index in [0.717, 1.165) is 43.8 Å². The number of ether oxygens (including phenoxy) is 2. The van der Waals surface area contributed by atoms with E-state index < -0.39 is 6.10 Å². The number of hydrogen-bond acceptors (Lipinski definition) is 3. The highest BCUT2D eigenvalue weighted by atomic mass is 16.5. The summed E-state index contributed by atoms with van der Waals surface area (Å²) in [5.41, 5.74) is 0.940. The smallest absolute Gasteiger partial charge is 0.119 e. The Morgan fingerprint density at radius 1 is 1.11 bits per heavy atom. The predicted molar refractivity (Wildman–Crippen MR) is 72.9 cm³/mol. The average molecular weight is 252 g/mol. The minimum Gasteiger partial charge on any atom is -0.494 e. The monoisotopic (exact) mass is 252 g/mol. The van der Waals surface area contributed by atoms with Crippen LogP contribution in [0.4, 0.5) is 0 Å². The molecule has 0 aliphatic rings. The molecule has 18 heavy (non-hydrogen) atoms. The molecule has 0 fully saturated rings. The van der Waals surface area contributed by atoms with Crippen molar-refractivity contribution in [3.63, 3.8) is 0 Å². The molecule has 0 saturated heterocycles. The third-order valence-corrected chi connectivity index (χ3v) is 2.71. The first-order valence-corrected chi connectivity index (χ1v) is 6.76.